The number of benzene rings is 1. The number of nitrogens with zero attached hydrogens (tertiary/aromatic N) is 1. The zero-order chi connectivity index (χ0) is 16.9. The van der Waals surface area contributed by atoms with Gasteiger partial charge in [-0.15, -0.1) is 0 Å². The second-order valence-electron chi connectivity index (χ2n) is 6.12. The molecule has 0 bridgehead atoms. The van der Waals surface area contributed by atoms with Crippen LogP contribution < -0.4 is 10.1 Å². The maximum absolute atomic E-state index is 12.3. The Morgan fingerprint density at radius 3 is 2.67 bits per heavy atom. The van der Waals surface area contributed by atoms with Crippen molar-refractivity contribution < 1.29 is 14.6 Å². The van der Waals surface area contributed by atoms with Gasteiger partial charge in [0.15, 0.2) is 0 Å². The summed E-state index contributed by atoms with van der Waals surface area (Å²) in [5.74, 6) is 0.522. The van der Waals surface area contributed by atoms with Crippen LogP contribution in [-0.2, 0) is 0 Å². The van der Waals surface area contributed by atoms with Gasteiger partial charge in [0.25, 0.3) is 5.91 Å². The Bertz CT molecular complexity index is 700. The topological polar surface area (TPSA) is 71.5 Å². The van der Waals surface area contributed by atoms with Crippen LogP contribution in [0.4, 0.5) is 5.69 Å². The molecule has 5 heteroatoms. The van der Waals surface area contributed by atoms with Crippen molar-refractivity contribution in [2.24, 2.45) is 0 Å². The lowest BCUT2D eigenvalue weighted by Crippen LogP contribution is -2.34. The fourth-order valence-corrected chi connectivity index (χ4v) is 2.93. The third-order valence-corrected chi connectivity index (χ3v) is 4.32. The Balaban J connectivity index is 1.62. The van der Waals surface area contributed by atoms with Gasteiger partial charge in [-0.25, -0.2) is 0 Å². The normalized spacial score (nSPS) is 20.4. The minimum absolute atomic E-state index is 0.141. The van der Waals surface area contributed by atoms with Crippen molar-refractivity contribution >= 4 is 11.6 Å². The first-order valence-corrected chi connectivity index (χ1v) is 8.31. The number of rotatable bonds is 4. The zero-order valence-electron chi connectivity index (χ0n) is 13.7. The Morgan fingerprint density at radius 1 is 1.21 bits per heavy atom. The second-order valence-corrected chi connectivity index (χ2v) is 6.12. The number of aliphatic hydroxyl groups excluding tert-OH is 1. The smallest absolute Gasteiger partial charge is 0.257 e. The van der Waals surface area contributed by atoms with Crippen LogP contribution in [0.15, 0.2) is 42.6 Å². The largest absolute Gasteiger partial charge is 0.488 e. The molecule has 1 amide bonds. The van der Waals surface area contributed by atoms with Crippen LogP contribution in [0.3, 0.4) is 0 Å². The molecule has 1 heterocycles. The summed E-state index contributed by atoms with van der Waals surface area (Å²) in [6, 6.07) is 10.7. The summed E-state index contributed by atoms with van der Waals surface area (Å²) in [5.41, 5.74) is 1.95. The molecule has 0 radical (unpaired) electrons. The van der Waals surface area contributed by atoms with Crippen LogP contribution in [-0.4, -0.2) is 28.2 Å². The molecule has 1 aromatic carbocycles. The van der Waals surface area contributed by atoms with E-state index in [1.165, 1.54) is 0 Å². The van der Waals surface area contributed by atoms with E-state index in [0.29, 0.717) is 22.7 Å². The van der Waals surface area contributed by atoms with E-state index in [2.05, 4.69) is 10.3 Å². The summed E-state index contributed by atoms with van der Waals surface area (Å²) in [6.07, 6.45) is 4.94. The molecule has 1 saturated carbocycles. The van der Waals surface area contributed by atoms with Gasteiger partial charge in [0.2, 0.25) is 0 Å². The molecule has 1 fully saturated rings. The summed E-state index contributed by atoms with van der Waals surface area (Å²) >= 11 is 0. The maximum atomic E-state index is 12.3. The van der Waals surface area contributed by atoms with Crippen molar-refractivity contribution in [3.63, 3.8) is 0 Å². The molecule has 126 valence electrons. The van der Waals surface area contributed by atoms with Gasteiger partial charge in [-0.2, -0.15) is 0 Å². The van der Waals surface area contributed by atoms with Crippen molar-refractivity contribution in [3.8, 4) is 5.75 Å². The van der Waals surface area contributed by atoms with E-state index >= 15 is 0 Å². The van der Waals surface area contributed by atoms with Crippen molar-refractivity contribution in [1.82, 2.24) is 4.98 Å². The number of amides is 1. The van der Waals surface area contributed by atoms with Crippen LogP contribution in [0.2, 0.25) is 0 Å². The van der Waals surface area contributed by atoms with E-state index in [4.69, 9.17) is 4.74 Å². The number of pyridine rings is 1. The maximum Gasteiger partial charge on any atom is 0.257 e. The number of ether oxygens (including phenoxy) is 1. The monoisotopic (exact) mass is 326 g/mol. The first-order valence-electron chi connectivity index (χ1n) is 8.31. The van der Waals surface area contributed by atoms with Gasteiger partial charge >= 0.3 is 0 Å². The molecule has 1 aromatic heterocycles. The van der Waals surface area contributed by atoms with Crippen LogP contribution in [0.25, 0.3) is 0 Å². The molecule has 0 spiro atoms. The number of aliphatic hydroxyl groups is 1. The Kier molecular flexibility index (Phi) is 5.11. The fraction of sp³-hybridized carbons (Fsp3) is 0.368. The summed E-state index contributed by atoms with van der Waals surface area (Å²) in [5, 5.41) is 12.8. The van der Waals surface area contributed by atoms with Gasteiger partial charge in [-0.05, 0) is 62.6 Å². The van der Waals surface area contributed by atoms with Gasteiger partial charge in [-0.1, -0.05) is 6.42 Å². The molecule has 2 aromatic rings. The number of anilines is 1. The van der Waals surface area contributed by atoms with E-state index in [1.54, 1.807) is 37.4 Å². The number of aromatic nitrogens is 1. The molecule has 0 saturated heterocycles. The fourth-order valence-electron chi connectivity index (χ4n) is 2.93. The van der Waals surface area contributed by atoms with Crippen molar-refractivity contribution in [2.75, 3.05) is 5.32 Å². The Labute approximate surface area is 141 Å². The molecular weight excluding hydrogens is 304 g/mol. The number of hydrogen-bond donors (Lipinski definition) is 2. The van der Waals surface area contributed by atoms with E-state index in [1.807, 2.05) is 12.1 Å². The van der Waals surface area contributed by atoms with Gasteiger partial charge in [-0.3, -0.25) is 9.78 Å². The van der Waals surface area contributed by atoms with Gasteiger partial charge in [0.05, 0.1) is 11.7 Å². The Hall–Kier alpha value is -2.40. The summed E-state index contributed by atoms with van der Waals surface area (Å²) in [6.45, 7) is 1.81. The van der Waals surface area contributed by atoms with Crippen molar-refractivity contribution in [3.05, 3.63) is 53.9 Å². The second kappa shape index (κ2) is 7.45. The number of carbonyl (C=O) groups is 1. The highest BCUT2D eigenvalue weighted by Crippen LogP contribution is 2.25. The minimum Gasteiger partial charge on any atom is -0.488 e. The lowest BCUT2D eigenvalue weighted by atomic mass is 9.95. The summed E-state index contributed by atoms with van der Waals surface area (Å²) in [4.78, 5) is 16.4. The highest BCUT2D eigenvalue weighted by molar-refractivity contribution is 6.04. The van der Waals surface area contributed by atoms with E-state index < -0.39 is 6.10 Å². The first kappa shape index (κ1) is 16.5. The quantitative estimate of drug-likeness (QED) is 0.904. The third kappa shape index (κ3) is 3.92. The zero-order valence-corrected chi connectivity index (χ0v) is 13.7. The molecule has 1 aliphatic carbocycles. The first-order chi connectivity index (χ1) is 11.6. The molecule has 0 aliphatic heterocycles. The highest BCUT2D eigenvalue weighted by Gasteiger charge is 2.24. The van der Waals surface area contributed by atoms with E-state index in [0.717, 1.165) is 25.7 Å². The number of nitrogens with one attached hydrogen (secondary N) is 1. The number of carbonyl (C=O) groups excluding carboxylic acids is 1. The van der Waals surface area contributed by atoms with Crippen molar-refractivity contribution in [2.45, 2.75) is 44.8 Å². The third-order valence-electron chi connectivity index (χ3n) is 4.32. The highest BCUT2D eigenvalue weighted by atomic mass is 16.5. The summed E-state index contributed by atoms with van der Waals surface area (Å²) < 4.78 is 5.86. The molecule has 2 N–H and O–H groups in total. The SMILES string of the molecule is Cc1ncccc1C(=O)Nc1ccc(OC2CCCCC2O)cc1. The summed E-state index contributed by atoms with van der Waals surface area (Å²) in [7, 11) is 0. The van der Waals surface area contributed by atoms with Crippen molar-refractivity contribution in [1.29, 1.82) is 0 Å². The van der Waals surface area contributed by atoms with Crippen LogP contribution in [0, 0.1) is 6.92 Å². The molecule has 5 nitrogen and oxygen atoms in total. The molecule has 1 aliphatic rings. The molecular formula is C19H22N2O3. The average molecular weight is 326 g/mol. The van der Waals surface area contributed by atoms with Crippen LogP contribution >= 0.6 is 0 Å². The molecule has 3 rings (SSSR count). The number of hydrogen-bond acceptors (Lipinski definition) is 4. The molecule has 2 atom stereocenters. The van der Waals surface area contributed by atoms with Gasteiger partial charge in [0, 0.05) is 17.6 Å². The van der Waals surface area contributed by atoms with E-state index in [-0.39, 0.29) is 12.0 Å². The predicted molar refractivity (Wildman–Crippen MR) is 92.3 cm³/mol. The Morgan fingerprint density at radius 2 is 1.96 bits per heavy atom. The lowest BCUT2D eigenvalue weighted by molar-refractivity contribution is 0.00688. The minimum atomic E-state index is -0.397. The molecule has 2 unspecified atom stereocenters. The van der Waals surface area contributed by atoms with E-state index in [9.17, 15) is 9.90 Å². The van der Waals surface area contributed by atoms with Crippen LogP contribution in [0.1, 0.15) is 41.7 Å². The standard InChI is InChI=1S/C19H22N2O3/c1-13-16(5-4-12-20-13)19(23)21-14-8-10-15(11-9-14)24-18-7-3-2-6-17(18)22/h4-5,8-12,17-18,22H,2-3,6-7H2,1H3,(H,21,23). The van der Waals surface area contributed by atoms with Crippen LogP contribution in [0.5, 0.6) is 5.75 Å². The average Bonchev–Trinajstić information content (AvgIpc) is 2.59. The van der Waals surface area contributed by atoms with Gasteiger partial charge < -0.3 is 15.2 Å². The molecule has 24 heavy (non-hydrogen) atoms. The van der Waals surface area contributed by atoms with Gasteiger partial charge in [0.1, 0.15) is 11.9 Å². The lowest BCUT2D eigenvalue weighted by Gasteiger charge is -2.28. The number of aryl methyl sites for hydroxylation is 1. The predicted octanol–water partition coefficient (Wildman–Crippen LogP) is 3.32.